The molecule has 0 radical (unpaired) electrons. The average molecular weight is 140 g/mol. The van der Waals surface area contributed by atoms with E-state index >= 15 is 0 Å². The Hall–Kier alpha value is -0.860. The molecule has 56 valence electrons. The molecule has 0 aromatic rings. The van der Waals surface area contributed by atoms with Crippen LogP contribution in [0.15, 0.2) is 4.99 Å². The van der Waals surface area contributed by atoms with Crippen LogP contribution in [0.2, 0.25) is 0 Å². The standard InChI is InChI=1S/C7H12N2O/c1-3-9-7(2)4-5-8-6(7)10/h3H,4-5H2,1-2H3,(H,8,10)/t7-/m1/s1. The number of hydrogen-bond donors (Lipinski definition) is 1. The molecule has 1 heterocycles. The van der Waals surface area contributed by atoms with Crippen LogP contribution in [0, 0.1) is 0 Å². The normalized spacial score (nSPS) is 33.2. The average Bonchev–Trinajstić information content (AvgIpc) is 2.15. The predicted molar refractivity (Wildman–Crippen MR) is 40.2 cm³/mol. The lowest BCUT2D eigenvalue weighted by atomic mass is 10.0. The summed E-state index contributed by atoms with van der Waals surface area (Å²) in [6.07, 6.45) is 2.50. The van der Waals surface area contributed by atoms with Crippen LogP contribution in [-0.4, -0.2) is 24.2 Å². The molecule has 0 bridgehead atoms. The summed E-state index contributed by atoms with van der Waals surface area (Å²) in [5.74, 6) is 0.0469. The highest BCUT2D eigenvalue weighted by Gasteiger charge is 2.36. The monoisotopic (exact) mass is 140 g/mol. The zero-order valence-electron chi connectivity index (χ0n) is 6.35. The number of hydrogen-bond acceptors (Lipinski definition) is 2. The number of nitrogens with one attached hydrogen (secondary N) is 1. The summed E-state index contributed by atoms with van der Waals surface area (Å²) in [6, 6.07) is 0. The van der Waals surface area contributed by atoms with Gasteiger partial charge in [-0.2, -0.15) is 0 Å². The quantitative estimate of drug-likeness (QED) is 0.525. The number of aliphatic imine (C=N–C) groups is 1. The minimum Gasteiger partial charge on any atom is -0.354 e. The highest BCUT2D eigenvalue weighted by atomic mass is 16.2. The van der Waals surface area contributed by atoms with Crippen molar-refractivity contribution in [2.45, 2.75) is 25.8 Å². The van der Waals surface area contributed by atoms with Crippen molar-refractivity contribution in [3.8, 4) is 0 Å². The summed E-state index contributed by atoms with van der Waals surface area (Å²) in [5.41, 5.74) is -0.477. The first-order valence-corrected chi connectivity index (χ1v) is 3.47. The largest absolute Gasteiger partial charge is 0.354 e. The van der Waals surface area contributed by atoms with Crippen LogP contribution in [0.25, 0.3) is 0 Å². The highest BCUT2D eigenvalue weighted by molar-refractivity contribution is 5.89. The third-order valence-electron chi connectivity index (χ3n) is 1.80. The van der Waals surface area contributed by atoms with Crippen LogP contribution in [0.5, 0.6) is 0 Å². The Bertz CT molecular complexity index is 176. The maximum atomic E-state index is 11.1. The molecule has 1 aliphatic heterocycles. The van der Waals surface area contributed by atoms with Gasteiger partial charge in [0, 0.05) is 6.54 Å². The van der Waals surface area contributed by atoms with E-state index in [2.05, 4.69) is 10.3 Å². The van der Waals surface area contributed by atoms with Gasteiger partial charge < -0.3 is 5.32 Å². The molecule has 0 spiro atoms. The smallest absolute Gasteiger partial charge is 0.247 e. The van der Waals surface area contributed by atoms with Crippen molar-refractivity contribution in [2.24, 2.45) is 4.99 Å². The molecular formula is C7H12N2O. The molecule has 0 aromatic heterocycles. The number of amides is 1. The second kappa shape index (κ2) is 2.40. The third-order valence-corrected chi connectivity index (χ3v) is 1.80. The van der Waals surface area contributed by atoms with E-state index in [-0.39, 0.29) is 5.91 Å². The van der Waals surface area contributed by atoms with E-state index in [9.17, 15) is 4.79 Å². The fraction of sp³-hybridized carbons (Fsp3) is 0.714. The van der Waals surface area contributed by atoms with Gasteiger partial charge in [0.25, 0.3) is 0 Å². The molecular weight excluding hydrogens is 128 g/mol. The SMILES string of the molecule is CC=N[C@]1(C)CCNC1=O. The summed E-state index contributed by atoms with van der Waals surface area (Å²) in [7, 11) is 0. The van der Waals surface area contributed by atoms with Crippen LogP contribution < -0.4 is 5.32 Å². The summed E-state index contributed by atoms with van der Waals surface area (Å²) >= 11 is 0. The van der Waals surface area contributed by atoms with Gasteiger partial charge in [-0.15, -0.1) is 0 Å². The molecule has 0 saturated carbocycles. The van der Waals surface area contributed by atoms with Crippen molar-refractivity contribution in [1.29, 1.82) is 0 Å². The van der Waals surface area contributed by atoms with E-state index in [4.69, 9.17) is 0 Å². The van der Waals surface area contributed by atoms with Crippen molar-refractivity contribution in [2.75, 3.05) is 6.54 Å². The van der Waals surface area contributed by atoms with E-state index < -0.39 is 5.54 Å². The molecule has 0 aliphatic carbocycles. The Labute approximate surface area is 60.5 Å². The lowest BCUT2D eigenvalue weighted by Gasteiger charge is -2.12. The number of carbonyl (C=O) groups is 1. The molecule has 1 fully saturated rings. The van der Waals surface area contributed by atoms with Gasteiger partial charge in [-0.05, 0) is 26.5 Å². The Kier molecular flexibility index (Phi) is 1.74. The van der Waals surface area contributed by atoms with Gasteiger partial charge in [-0.25, -0.2) is 0 Å². The lowest BCUT2D eigenvalue weighted by Crippen LogP contribution is -2.32. The van der Waals surface area contributed by atoms with Gasteiger partial charge in [0.2, 0.25) is 5.91 Å². The number of carbonyl (C=O) groups excluding carboxylic acids is 1. The molecule has 0 aromatic carbocycles. The fourth-order valence-corrected chi connectivity index (χ4v) is 1.13. The molecule has 1 amide bonds. The van der Waals surface area contributed by atoms with Crippen LogP contribution >= 0.6 is 0 Å². The third kappa shape index (κ3) is 1.03. The van der Waals surface area contributed by atoms with E-state index in [0.29, 0.717) is 0 Å². The second-order valence-corrected chi connectivity index (χ2v) is 2.67. The number of nitrogens with zero attached hydrogens (tertiary/aromatic N) is 1. The van der Waals surface area contributed by atoms with E-state index in [1.54, 1.807) is 6.21 Å². The van der Waals surface area contributed by atoms with Gasteiger partial charge in [0.1, 0.15) is 5.54 Å². The minimum absolute atomic E-state index is 0.0469. The van der Waals surface area contributed by atoms with Gasteiger partial charge in [-0.3, -0.25) is 9.79 Å². The van der Waals surface area contributed by atoms with Gasteiger partial charge >= 0.3 is 0 Å². The Morgan fingerprint density at radius 2 is 2.50 bits per heavy atom. The molecule has 0 unspecified atom stereocenters. The van der Waals surface area contributed by atoms with Gasteiger partial charge in [0.15, 0.2) is 0 Å². The maximum Gasteiger partial charge on any atom is 0.247 e. The van der Waals surface area contributed by atoms with Crippen LogP contribution in [0.1, 0.15) is 20.3 Å². The highest BCUT2D eigenvalue weighted by Crippen LogP contribution is 2.19. The fourth-order valence-electron chi connectivity index (χ4n) is 1.13. The summed E-state index contributed by atoms with van der Waals surface area (Å²) in [5, 5.41) is 2.74. The predicted octanol–water partition coefficient (Wildman–Crippen LogP) is 0.356. The van der Waals surface area contributed by atoms with Crippen molar-refractivity contribution in [3.63, 3.8) is 0 Å². The topological polar surface area (TPSA) is 41.5 Å². The lowest BCUT2D eigenvalue weighted by molar-refractivity contribution is -0.122. The molecule has 1 N–H and O–H groups in total. The van der Waals surface area contributed by atoms with Crippen LogP contribution in [0.3, 0.4) is 0 Å². The van der Waals surface area contributed by atoms with Crippen molar-refractivity contribution in [1.82, 2.24) is 5.32 Å². The Balaban J connectivity index is 2.75. The molecule has 3 nitrogen and oxygen atoms in total. The van der Waals surface area contributed by atoms with Crippen molar-refractivity contribution >= 4 is 12.1 Å². The zero-order valence-corrected chi connectivity index (χ0v) is 6.35. The second-order valence-electron chi connectivity index (χ2n) is 2.67. The first-order chi connectivity index (χ1) is 4.69. The van der Waals surface area contributed by atoms with E-state index in [1.165, 1.54) is 0 Å². The zero-order chi connectivity index (χ0) is 7.61. The Morgan fingerprint density at radius 3 is 2.90 bits per heavy atom. The molecule has 1 saturated heterocycles. The van der Waals surface area contributed by atoms with E-state index in [1.807, 2.05) is 13.8 Å². The molecule has 1 atom stereocenters. The number of rotatable bonds is 1. The minimum atomic E-state index is -0.477. The van der Waals surface area contributed by atoms with Gasteiger partial charge in [0.05, 0.1) is 0 Å². The summed E-state index contributed by atoms with van der Waals surface area (Å²) in [6.45, 7) is 4.44. The Morgan fingerprint density at radius 1 is 1.80 bits per heavy atom. The molecule has 1 rings (SSSR count). The summed E-state index contributed by atoms with van der Waals surface area (Å²) < 4.78 is 0. The van der Waals surface area contributed by atoms with Crippen LogP contribution in [0.4, 0.5) is 0 Å². The first kappa shape index (κ1) is 7.25. The molecule has 10 heavy (non-hydrogen) atoms. The maximum absolute atomic E-state index is 11.1. The summed E-state index contributed by atoms with van der Waals surface area (Å²) in [4.78, 5) is 15.2. The van der Waals surface area contributed by atoms with Crippen molar-refractivity contribution < 1.29 is 4.79 Å². The van der Waals surface area contributed by atoms with E-state index in [0.717, 1.165) is 13.0 Å². The molecule has 3 heteroatoms. The first-order valence-electron chi connectivity index (χ1n) is 3.47. The molecule has 1 aliphatic rings. The van der Waals surface area contributed by atoms with Crippen molar-refractivity contribution in [3.05, 3.63) is 0 Å². The van der Waals surface area contributed by atoms with Gasteiger partial charge in [-0.1, -0.05) is 0 Å². The van der Waals surface area contributed by atoms with Crippen LogP contribution in [-0.2, 0) is 4.79 Å².